The summed E-state index contributed by atoms with van der Waals surface area (Å²) in [5.41, 5.74) is -0.505. The first-order chi connectivity index (χ1) is 14.0. The van der Waals surface area contributed by atoms with E-state index in [0.29, 0.717) is 44.7 Å². The first kappa shape index (κ1) is 19.6. The molecule has 2 saturated heterocycles. The van der Waals surface area contributed by atoms with Gasteiger partial charge in [0.1, 0.15) is 12.5 Å². The number of hydrogen-bond acceptors (Lipinski definition) is 7. The molecule has 0 radical (unpaired) electrons. The molecule has 1 aromatic heterocycles. The van der Waals surface area contributed by atoms with Crippen LogP contribution in [-0.2, 0) is 14.4 Å². The molecule has 4 amide bonds. The van der Waals surface area contributed by atoms with Crippen LogP contribution in [-0.4, -0.2) is 59.9 Å². The Bertz CT molecular complexity index is 797. The van der Waals surface area contributed by atoms with Crippen molar-refractivity contribution in [1.82, 2.24) is 20.7 Å². The summed E-state index contributed by atoms with van der Waals surface area (Å²) in [4.78, 5) is 49.8. The number of likely N-dealkylation sites (tertiary alicyclic amines) is 1. The molecule has 1 aromatic rings. The number of nitrogens with zero attached hydrogens (tertiary/aromatic N) is 2. The number of aromatic nitrogens is 1. The quantitative estimate of drug-likeness (QED) is 0.482. The van der Waals surface area contributed by atoms with Crippen LogP contribution in [0.15, 0.2) is 16.9 Å². The highest BCUT2D eigenvalue weighted by Crippen LogP contribution is 2.48. The van der Waals surface area contributed by atoms with Gasteiger partial charge in [-0.1, -0.05) is 5.16 Å². The lowest BCUT2D eigenvalue weighted by Crippen LogP contribution is -2.52. The van der Waals surface area contributed by atoms with E-state index in [9.17, 15) is 19.2 Å². The summed E-state index contributed by atoms with van der Waals surface area (Å²) in [6.07, 6.45) is 5.71. The van der Waals surface area contributed by atoms with Crippen molar-refractivity contribution in [1.29, 1.82) is 0 Å². The van der Waals surface area contributed by atoms with Crippen LogP contribution < -0.4 is 16.0 Å². The third-order valence-corrected chi connectivity index (χ3v) is 6.47. The molecule has 4 unspecified atom stereocenters. The second kappa shape index (κ2) is 7.94. The summed E-state index contributed by atoms with van der Waals surface area (Å²) >= 11 is 0. The number of hydrogen-bond donors (Lipinski definition) is 3. The molecular formula is C19H25N5O5. The Hall–Kier alpha value is -2.75. The van der Waals surface area contributed by atoms with Crippen LogP contribution >= 0.6 is 0 Å². The molecular weight excluding hydrogens is 378 g/mol. The Kier molecular flexibility index (Phi) is 5.35. The molecule has 2 aliphatic heterocycles. The first-order valence-electron chi connectivity index (χ1n) is 9.98. The zero-order chi connectivity index (χ0) is 20.4. The monoisotopic (exact) mass is 403 g/mol. The van der Waals surface area contributed by atoms with Crippen LogP contribution in [0.2, 0.25) is 0 Å². The fraction of sp³-hybridized carbons (Fsp3) is 0.632. The van der Waals surface area contributed by atoms with Gasteiger partial charge in [0.15, 0.2) is 5.82 Å². The summed E-state index contributed by atoms with van der Waals surface area (Å²) in [5.74, 6) is 0.227. The third-order valence-electron chi connectivity index (χ3n) is 6.47. The second-order valence-corrected chi connectivity index (χ2v) is 8.31. The molecule has 10 nitrogen and oxygen atoms in total. The maximum atomic E-state index is 12.2. The number of rotatable bonds is 5. The number of urea groups is 1. The Labute approximate surface area is 167 Å². The first-order valence-corrected chi connectivity index (χ1v) is 9.98. The summed E-state index contributed by atoms with van der Waals surface area (Å²) in [6.45, 7) is 1.68. The number of piperidine rings is 1. The van der Waals surface area contributed by atoms with E-state index in [1.54, 1.807) is 6.07 Å². The van der Waals surface area contributed by atoms with Crippen LogP contribution in [0.5, 0.6) is 0 Å². The normalized spacial score (nSPS) is 32.3. The molecule has 4 atom stereocenters. The SMILES string of the molecule is O=CC12CC(CNC(=O)Nc3ccon3)CCC1CN(C1CCC(=O)NC1=O)C2. The maximum Gasteiger partial charge on any atom is 0.320 e. The van der Waals surface area contributed by atoms with E-state index >= 15 is 0 Å². The molecule has 3 aliphatic rings. The van der Waals surface area contributed by atoms with Crippen LogP contribution in [0.25, 0.3) is 0 Å². The van der Waals surface area contributed by atoms with Crippen molar-refractivity contribution < 1.29 is 23.7 Å². The lowest BCUT2D eigenvalue weighted by atomic mass is 9.65. The summed E-state index contributed by atoms with van der Waals surface area (Å²) in [7, 11) is 0. The van der Waals surface area contributed by atoms with Gasteiger partial charge in [0.25, 0.3) is 0 Å². The Balaban J connectivity index is 1.34. The number of nitrogens with one attached hydrogen (secondary N) is 3. The molecule has 3 N–H and O–H groups in total. The van der Waals surface area contributed by atoms with Crippen molar-refractivity contribution >= 4 is 29.9 Å². The lowest BCUT2D eigenvalue weighted by molar-refractivity contribution is -0.137. The highest BCUT2D eigenvalue weighted by molar-refractivity contribution is 6.00. The van der Waals surface area contributed by atoms with Gasteiger partial charge in [0, 0.05) is 37.5 Å². The highest BCUT2D eigenvalue weighted by atomic mass is 16.5. The van der Waals surface area contributed by atoms with Gasteiger partial charge in [-0.15, -0.1) is 0 Å². The molecule has 0 aromatic carbocycles. The van der Waals surface area contributed by atoms with Crippen LogP contribution in [0.3, 0.4) is 0 Å². The minimum atomic E-state index is -0.505. The Morgan fingerprint density at radius 3 is 2.97 bits per heavy atom. The minimum Gasteiger partial charge on any atom is -0.363 e. The van der Waals surface area contributed by atoms with E-state index < -0.39 is 5.41 Å². The van der Waals surface area contributed by atoms with Gasteiger partial charge in [-0.2, -0.15) is 0 Å². The molecule has 4 rings (SSSR count). The molecule has 0 bridgehead atoms. The standard InChI is InChI=1S/C19H25N5O5/c25-11-19-7-12(8-20-18(28)21-15-5-6-29-23-15)1-2-13(19)9-24(10-19)14-3-4-16(26)22-17(14)27/h5-6,11-14H,1-4,7-10H2,(H,22,26,27)(H2,20,21,23,28). The van der Waals surface area contributed by atoms with Gasteiger partial charge in [0.2, 0.25) is 11.8 Å². The molecule has 1 aliphatic carbocycles. The predicted molar refractivity (Wildman–Crippen MR) is 101 cm³/mol. The topological polar surface area (TPSA) is 134 Å². The van der Waals surface area contributed by atoms with Gasteiger partial charge >= 0.3 is 6.03 Å². The molecule has 1 saturated carbocycles. The molecule has 29 heavy (non-hydrogen) atoms. The van der Waals surface area contributed by atoms with Crippen molar-refractivity contribution in [2.45, 2.75) is 38.1 Å². The highest BCUT2D eigenvalue weighted by Gasteiger charge is 2.52. The number of aldehydes is 1. The van der Waals surface area contributed by atoms with Crippen molar-refractivity contribution in [3.05, 3.63) is 12.3 Å². The molecule has 3 fully saturated rings. The molecule has 10 heteroatoms. The van der Waals surface area contributed by atoms with E-state index in [1.165, 1.54) is 6.26 Å². The van der Waals surface area contributed by atoms with Crippen molar-refractivity contribution in [2.75, 3.05) is 25.0 Å². The molecule has 156 valence electrons. The van der Waals surface area contributed by atoms with Gasteiger partial charge in [-0.05, 0) is 37.5 Å². The zero-order valence-electron chi connectivity index (χ0n) is 16.1. The summed E-state index contributed by atoms with van der Waals surface area (Å²) in [5, 5.41) is 11.5. The number of anilines is 1. The fourth-order valence-electron chi connectivity index (χ4n) is 5.02. The second-order valence-electron chi connectivity index (χ2n) is 8.31. The van der Waals surface area contributed by atoms with E-state index in [4.69, 9.17) is 0 Å². The summed E-state index contributed by atoms with van der Waals surface area (Å²) in [6, 6.07) is 0.839. The van der Waals surface area contributed by atoms with Gasteiger partial charge < -0.3 is 14.6 Å². The largest absolute Gasteiger partial charge is 0.363 e. The minimum absolute atomic E-state index is 0.182. The van der Waals surface area contributed by atoms with Gasteiger partial charge in [-0.3, -0.25) is 25.1 Å². The fourth-order valence-corrected chi connectivity index (χ4v) is 5.02. The van der Waals surface area contributed by atoms with Crippen LogP contribution in [0, 0.1) is 17.3 Å². The number of imide groups is 1. The van der Waals surface area contributed by atoms with Crippen molar-refractivity contribution in [3.63, 3.8) is 0 Å². The van der Waals surface area contributed by atoms with Crippen molar-refractivity contribution in [2.24, 2.45) is 17.3 Å². The van der Waals surface area contributed by atoms with Gasteiger partial charge in [-0.25, -0.2) is 4.79 Å². The summed E-state index contributed by atoms with van der Waals surface area (Å²) < 4.78 is 4.68. The average Bonchev–Trinajstić information content (AvgIpc) is 3.33. The molecule has 3 heterocycles. The maximum absolute atomic E-state index is 12.2. The van der Waals surface area contributed by atoms with E-state index in [1.807, 2.05) is 0 Å². The zero-order valence-corrected chi connectivity index (χ0v) is 16.1. The third kappa shape index (κ3) is 4.02. The van der Waals surface area contributed by atoms with E-state index in [0.717, 1.165) is 19.1 Å². The van der Waals surface area contributed by atoms with E-state index in [-0.39, 0.29) is 35.7 Å². The predicted octanol–water partition coefficient (Wildman–Crippen LogP) is 0.519. The molecule has 0 spiro atoms. The number of fused-ring (bicyclic) bond motifs is 1. The van der Waals surface area contributed by atoms with E-state index in [2.05, 4.69) is 30.5 Å². The van der Waals surface area contributed by atoms with Crippen LogP contribution in [0.1, 0.15) is 32.1 Å². The van der Waals surface area contributed by atoms with Crippen LogP contribution in [0.4, 0.5) is 10.6 Å². The number of carbonyl (C=O) groups excluding carboxylic acids is 4. The Morgan fingerprint density at radius 2 is 2.24 bits per heavy atom. The van der Waals surface area contributed by atoms with Gasteiger partial charge in [0.05, 0.1) is 6.04 Å². The lowest BCUT2D eigenvalue weighted by Gasteiger charge is -2.38. The van der Waals surface area contributed by atoms with Crippen molar-refractivity contribution in [3.8, 4) is 0 Å². The smallest absolute Gasteiger partial charge is 0.320 e. The average molecular weight is 403 g/mol. The number of carbonyl (C=O) groups is 4. The Morgan fingerprint density at radius 1 is 1.38 bits per heavy atom. The number of amides is 4.